The van der Waals surface area contributed by atoms with Crippen LogP contribution in [-0.4, -0.2) is 28.9 Å². The number of rotatable bonds is 4. The first-order valence-electron chi connectivity index (χ1n) is 10.4. The predicted molar refractivity (Wildman–Crippen MR) is 108 cm³/mol. The summed E-state index contributed by atoms with van der Waals surface area (Å²) in [7, 11) is 0. The van der Waals surface area contributed by atoms with Crippen LogP contribution < -0.4 is 0 Å². The van der Waals surface area contributed by atoms with Crippen LogP contribution in [0.1, 0.15) is 53.6 Å². The molecule has 2 fully saturated rings. The number of piperidine rings is 2. The van der Waals surface area contributed by atoms with Gasteiger partial charge in [0.15, 0.2) is 5.78 Å². The van der Waals surface area contributed by atoms with E-state index >= 15 is 0 Å². The Bertz CT molecular complexity index is 1020. The van der Waals surface area contributed by atoms with Crippen LogP contribution in [0.25, 0.3) is 0 Å². The van der Waals surface area contributed by atoms with Crippen molar-refractivity contribution in [2.24, 2.45) is 5.92 Å². The first-order valence-corrected chi connectivity index (χ1v) is 10.4. The smallest absolute Gasteiger partial charge is 0.410 e. The maximum absolute atomic E-state index is 14.4. The van der Waals surface area contributed by atoms with Crippen molar-refractivity contribution < 1.29 is 23.1 Å². The van der Waals surface area contributed by atoms with Crippen molar-refractivity contribution in [3.63, 3.8) is 0 Å². The van der Waals surface area contributed by atoms with Crippen molar-refractivity contribution in [2.45, 2.75) is 50.8 Å². The second-order valence-electron chi connectivity index (χ2n) is 8.14. The van der Waals surface area contributed by atoms with Crippen LogP contribution in [0.3, 0.4) is 0 Å². The highest BCUT2D eigenvalue weighted by molar-refractivity contribution is 5.98. The van der Waals surface area contributed by atoms with Crippen LogP contribution in [0.4, 0.5) is 13.6 Å². The van der Waals surface area contributed by atoms with Gasteiger partial charge in [0.05, 0.1) is 11.1 Å². The lowest BCUT2D eigenvalue weighted by Crippen LogP contribution is -2.55. The highest BCUT2D eigenvalue weighted by atomic mass is 19.1. The molecule has 31 heavy (non-hydrogen) atoms. The average molecular weight is 424 g/mol. The number of Topliss-reactive ketones (excluding diaryl/α,β-unsaturated/α-hetero) is 1. The van der Waals surface area contributed by atoms with Gasteiger partial charge in [-0.3, -0.25) is 4.79 Å². The Kier molecular flexibility index (Phi) is 5.99. The Morgan fingerprint density at radius 2 is 1.74 bits per heavy atom. The van der Waals surface area contributed by atoms with E-state index in [4.69, 9.17) is 10.00 Å². The Balaban J connectivity index is 1.47. The van der Waals surface area contributed by atoms with Gasteiger partial charge in [0.25, 0.3) is 0 Å². The van der Waals surface area contributed by atoms with Crippen molar-refractivity contribution >= 4 is 11.9 Å². The Labute approximate surface area is 179 Å². The van der Waals surface area contributed by atoms with E-state index in [1.165, 1.54) is 0 Å². The molecule has 2 saturated heterocycles. The molecule has 2 aliphatic heterocycles. The van der Waals surface area contributed by atoms with Crippen LogP contribution in [0.2, 0.25) is 0 Å². The van der Waals surface area contributed by atoms with Crippen molar-refractivity contribution in [3.8, 4) is 6.07 Å². The van der Waals surface area contributed by atoms with Crippen molar-refractivity contribution in [1.29, 1.82) is 5.26 Å². The average Bonchev–Trinajstić information content (AvgIpc) is 2.78. The zero-order chi connectivity index (χ0) is 22.0. The summed E-state index contributed by atoms with van der Waals surface area (Å²) in [5.74, 6) is -2.78. The maximum Gasteiger partial charge on any atom is 0.410 e. The molecule has 2 atom stereocenters. The summed E-state index contributed by atoms with van der Waals surface area (Å²) in [5.41, 5.74) is 0.131. The summed E-state index contributed by atoms with van der Waals surface area (Å²) in [6.07, 6.45) is 2.79. The van der Waals surface area contributed by atoms with Crippen molar-refractivity contribution in [1.82, 2.24) is 4.90 Å². The number of amides is 1. The summed E-state index contributed by atoms with van der Waals surface area (Å²) in [6, 6.07) is 12.2. The molecule has 2 bridgehead atoms. The quantitative estimate of drug-likeness (QED) is 0.649. The molecular formula is C24H22F2N2O3. The highest BCUT2D eigenvalue weighted by Gasteiger charge is 2.44. The third-order valence-corrected chi connectivity index (χ3v) is 6.20. The zero-order valence-electron chi connectivity index (χ0n) is 16.9. The normalized spacial score (nSPS) is 22.5. The number of ketones is 1. The lowest BCUT2D eigenvalue weighted by atomic mass is 9.75. The number of hydrogen-bond acceptors (Lipinski definition) is 4. The Hall–Kier alpha value is -3.27. The minimum atomic E-state index is -0.908. The number of carbonyl (C=O) groups excluding carboxylic acids is 2. The number of hydrogen-bond donors (Lipinski definition) is 0. The molecular weight excluding hydrogens is 402 g/mol. The van der Waals surface area contributed by atoms with E-state index in [1.807, 2.05) is 30.3 Å². The van der Waals surface area contributed by atoms with Crippen LogP contribution in [0, 0.1) is 28.9 Å². The minimum absolute atomic E-state index is 0.170. The van der Waals surface area contributed by atoms with Gasteiger partial charge in [-0.05, 0) is 49.8 Å². The molecule has 5 nitrogen and oxygen atoms in total. The molecule has 4 rings (SSSR count). The molecule has 2 aromatic rings. The van der Waals surface area contributed by atoms with E-state index in [0.29, 0.717) is 12.8 Å². The topological polar surface area (TPSA) is 70.4 Å². The van der Waals surface area contributed by atoms with Gasteiger partial charge in [-0.1, -0.05) is 30.3 Å². The first kappa shape index (κ1) is 21.0. The number of nitrogens with zero attached hydrogens (tertiary/aromatic N) is 2. The number of benzene rings is 2. The summed E-state index contributed by atoms with van der Waals surface area (Å²) >= 11 is 0. The van der Waals surface area contributed by atoms with Gasteiger partial charge in [0, 0.05) is 18.0 Å². The lowest BCUT2D eigenvalue weighted by molar-refractivity contribution is 0.00464. The number of nitriles is 1. The van der Waals surface area contributed by atoms with Gasteiger partial charge in [0.2, 0.25) is 0 Å². The number of ether oxygens (including phenoxy) is 1. The van der Waals surface area contributed by atoms with Crippen LogP contribution in [-0.2, 0) is 11.3 Å². The van der Waals surface area contributed by atoms with Gasteiger partial charge in [-0.2, -0.15) is 5.26 Å². The zero-order valence-corrected chi connectivity index (χ0v) is 16.9. The van der Waals surface area contributed by atoms with Gasteiger partial charge in [-0.25, -0.2) is 13.6 Å². The lowest BCUT2D eigenvalue weighted by Gasteiger charge is -2.47. The highest BCUT2D eigenvalue weighted by Crippen LogP contribution is 2.39. The van der Waals surface area contributed by atoms with Crippen molar-refractivity contribution in [2.75, 3.05) is 0 Å². The fourth-order valence-corrected chi connectivity index (χ4v) is 4.73. The Morgan fingerprint density at radius 3 is 2.39 bits per heavy atom. The summed E-state index contributed by atoms with van der Waals surface area (Å²) in [5, 5.41) is 8.84. The largest absolute Gasteiger partial charge is 0.445 e. The monoisotopic (exact) mass is 424 g/mol. The molecule has 2 heterocycles. The third kappa shape index (κ3) is 4.29. The minimum Gasteiger partial charge on any atom is -0.445 e. The van der Waals surface area contributed by atoms with Gasteiger partial charge in [0.1, 0.15) is 24.3 Å². The second-order valence-corrected chi connectivity index (χ2v) is 8.14. The SMILES string of the molecule is N#Cc1cc(F)c(C(=O)C2CC3CCCC(C2)N3C(=O)OCc2ccccc2)cc1F. The molecule has 160 valence electrons. The molecule has 1 amide bonds. The molecule has 2 aromatic carbocycles. The first-order chi connectivity index (χ1) is 15.0. The van der Waals surface area contributed by atoms with E-state index in [9.17, 15) is 18.4 Å². The Morgan fingerprint density at radius 1 is 1.06 bits per heavy atom. The summed E-state index contributed by atoms with van der Waals surface area (Å²) in [4.78, 5) is 27.5. The third-order valence-electron chi connectivity index (χ3n) is 6.20. The number of fused-ring (bicyclic) bond motifs is 2. The molecule has 0 radical (unpaired) electrons. The molecule has 0 saturated carbocycles. The molecule has 7 heteroatoms. The maximum atomic E-state index is 14.4. The fourth-order valence-electron chi connectivity index (χ4n) is 4.73. The molecule has 0 spiro atoms. The fraction of sp³-hybridized carbons (Fsp3) is 0.375. The van der Waals surface area contributed by atoms with Crippen LogP contribution in [0.15, 0.2) is 42.5 Å². The molecule has 0 N–H and O–H groups in total. The van der Waals surface area contributed by atoms with Crippen LogP contribution in [0.5, 0.6) is 0 Å². The molecule has 2 unspecified atom stereocenters. The van der Waals surface area contributed by atoms with Gasteiger partial charge in [-0.15, -0.1) is 0 Å². The van der Waals surface area contributed by atoms with Gasteiger partial charge >= 0.3 is 6.09 Å². The van der Waals surface area contributed by atoms with E-state index in [2.05, 4.69) is 0 Å². The molecule has 0 aromatic heterocycles. The standard InChI is InChI=1S/C24H22F2N2O3/c25-21-12-20(22(26)11-17(21)13-27)23(29)16-9-18-7-4-8-19(10-16)28(18)24(30)31-14-15-5-2-1-3-6-15/h1-3,5-6,11-12,16,18-19H,4,7-10,14H2. The number of carbonyl (C=O) groups is 2. The van der Waals surface area contributed by atoms with Gasteiger partial charge < -0.3 is 9.64 Å². The van der Waals surface area contributed by atoms with E-state index in [1.54, 1.807) is 11.0 Å². The predicted octanol–water partition coefficient (Wildman–Crippen LogP) is 4.99. The molecule has 2 aliphatic rings. The summed E-state index contributed by atoms with van der Waals surface area (Å²) < 4.78 is 33.8. The van der Waals surface area contributed by atoms with E-state index in [0.717, 1.165) is 37.0 Å². The summed E-state index contributed by atoms with van der Waals surface area (Å²) in [6.45, 7) is 0.174. The van der Waals surface area contributed by atoms with E-state index in [-0.39, 0.29) is 24.3 Å². The van der Waals surface area contributed by atoms with Crippen LogP contribution >= 0.6 is 0 Å². The van der Waals surface area contributed by atoms with Crippen molar-refractivity contribution in [3.05, 3.63) is 70.8 Å². The number of halogens is 2. The van der Waals surface area contributed by atoms with E-state index < -0.39 is 35.0 Å². The molecule has 0 aliphatic carbocycles. The second kappa shape index (κ2) is 8.84.